The molecule has 3 aromatic rings. The molecular formula is C20H15F3N4OS. The van der Waals surface area contributed by atoms with Crippen LogP contribution in [-0.2, 0) is 12.7 Å². The molecule has 2 aromatic heterocycles. The number of rotatable bonds is 4. The zero-order valence-electron chi connectivity index (χ0n) is 15.3. The number of alkyl halides is 3. The fourth-order valence-electron chi connectivity index (χ4n) is 3.12. The predicted octanol–water partition coefficient (Wildman–Crippen LogP) is 5.56. The molecule has 4 rings (SSSR count). The highest BCUT2D eigenvalue weighted by molar-refractivity contribution is 8.18. The van der Waals surface area contributed by atoms with E-state index in [9.17, 15) is 18.0 Å². The molecule has 0 bridgehead atoms. The molecule has 148 valence electrons. The summed E-state index contributed by atoms with van der Waals surface area (Å²) in [6.45, 7) is 1.92. The van der Waals surface area contributed by atoms with Crippen LogP contribution in [0.15, 0.2) is 52.8 Å². The minimum atomic E-state index is -4.47. The highest BCUT2D eigenvalue weighted by Crippen LogP contribution is 2.32. The van der Waals surface area contributed by atoms with Gasteiger partial charge in [-0.15, -0.1) is 0 Å². The first-order chi connectivity index (χ1) is 13.8. The third-order valence-electron chi connectivity index (χ3n) is 4.47. The van der Waals surface area contributed by atoms with Crippen LogP contribution in [0.4, 0.5) is 18.0 Å². The molecule has 0 fully saturated rings. The molecule has 0 aliphatic carbocycles. The van der Waals surface area contributed by atoms with Crippen LogP contribution in [-0.4, -0.2) is 25.7 Å². The Kier molecular flexibility index (Phi) is 4.99. The Labute approximate surface area is 168 Å². The van der Waals surface area contributed by atoms with Crippen LogP contribution >= 0.6 is 11.8 Å². The minimum absolute atomic E-state index is 0.0144. The van der Waals surface area contributed by atoms with E-state index in [0.717, 1.165) is 39.5 Å². The Morgan fingerprint density at radius 2 is 2.07 bits per heavy atom. The standard InChI is InChI=1S/C20H15F3N4OS/c1-2-16-18(29-19(28)25-16)8-12-3-4-17-14(7-12)11-27(26-17)10-13-5-6-24-9-15(13)20(21,22)23/h3-9,11H,2,10H2,1H3/b18-8-. The maximum absolute atomic E-state index is 13.2. The highest BCUT2D eigenvalue weighted by atomic mass is 32.2. The van der Waals surface area contributed by atoms with Crippen LogP contribution in [0.1, 0.15) is 30.0 Å². The van der Waals surface area contributed by atoms with Gasteiger partial charge in [0.25, 0.3) is 0 Å². The SMILES string of the molecule is CCC1=NC(=O)S/C1=C\c1ccc2nn(Cc3ccncc3C(F)(F)F)cc2c1. The van der Waals surface area contributed by atoms with Gasteiger partial charge < -0.3 is 0 Å². The lowest BCUT2D eigenvalue weighted by atomic mass is 10.1. The molecule has 1 aliphatic rings. The highest BCUT2D eigenvalue weighted by Gasteiger charge is 2.33. The Balaban J connectivity index is 1.64. The Morgan fingerprint density at radius 3 is 2.83 bits per heavy atom. The summed E-state index contributed by atoms with van der Waals surface area (Å²) in [5.74, 6) is 0. The number of aliphatic imine (C=N–C) groups is 1. The van der Waals surface area contributed by atoms with Gasteiger partial charge in [0, 0.05) is 28.9 Å². The number of nitrogens with zero attached hydrogens (tertiary/aromatic N) is 4. The second kappa shape index (κ2) is 7.47. The number of carbonyl (C=O) groups excluding carboxylic acids is 1. The fourth-order valence-corrected chi connectivity index (χ4v) is 3.96. The van der Waals surface area contributed by atoms with Crippen molar-refractivity contribution in [2.24, 2.45) is 4.99 Å². The van der Waals surface area contributed by atoms with Gasteiger partial charge in [-0.3, -0.25) is 14.5 Å². The molecule has 1 aliphatic heterocycles. The summed E-state index contributed by atoms with van der Waals surface area (Å²) >= 11 is 1.09. The number of allylic oxidation sites excluding steroid dienone is 1. The summed E-state index contributed by atoms with van der Waals surface area (Å²) in [5.41, 5.74) is 1.64. The van der Waals surface area contributed by atoms with Gasteiger partial charge in [-0.25, -0.2) is 4.99 Å². The molecule has 0 saturated carbocycles. The number of carbonyl (C=O) groups is 1. The average Bonchev–Trinajstić information content (AvgIpc) is 3.23. The molecule has 0 N–H and O–H groups in total. The van der Waals surface area contributed by atoms with E-state index in [1.807, 2.05) is 25.1 Å². The number of amides is 1. The lowest BCUT2D eigenvalue weighted by Crippen LogP contribution is -2.12. The summed E-state index contributed by atoms with van der Waals surface area (Å²) in [4.78, 5) is 19.9. The number of benzene rings is 1. The van der Waals surface area contributed by atoms with Crippen molar-refractivity contribution in [2.75, 3.05) is 0 Å². The molecular weight excluding hydrogens is 401 g/mol. The molecule has 0 radical (unpaired) electrons. The Morgan fingerprint density at radius 1 is 1.24 bits per heavy atom. The number of fused-ring (bicyclic) bond motifs is 1. The van der Waals surface area contributed by atoms with Crippen molar-refractivity contribution in [1.82, 2.24) is 14.8 Å². The largest absolute Gasteiger partial charge is 0.418 e. The molecule has 9 heteroatoms. The number of thioether (sulfide) groups is 1. The zero-order valence-corrected chi connectivity index (χ0v) is 16.1. The molecule has 1 aromatic carbocycles. The molecule has 1 amide bonds. The van der Waals surface area contributed by atoms with Gasteiger partial charge in [-0.2, -0.15) is 18.3 Å². The topological polar surface area (TPSA) is 60.1 Å². The molecule has 29 heavy (non-hydrogen) atoms. The van der Waals surface area contributed by atoms with E-state index in [0.29, 0.717) is 11.9 Å². The summed E-state index contributed by atoms with van der Waals surface area (Å²) in [7, 11) is 0. The molecule has 5 nitrogen and oxygen atoms in total. The molecule has 0 atom stereocenters. The van der Waals surface area contributed by atoms with Crippen molar-refractivity contribution in [1.29, 1.82) is 0 Å². The van der Waals surface area contributed by atoms with Crippen molar-refractivity contribution >= 4 is 39.7 Å². The van der Waals surface area contributed by atoms with Gasteiger partial charge in [0.1, 0.15) is 0 Å². The van der Waals surface area contributed by atoms with Crippen molar-refractivity contribution in [2.45, 2.75) is 26.1 Å². The smallest absolute Gasteiger partial charge is 0.267 e. The Hall–Kier alpha value is -2.94. The quantitative estimate of drug-likeness (QED) is 0.559. The zero-order chi connectivity index (χ0) is 20.6. The van der Waals surface area contributed by atoms with Crippen molar-refractivity contribution in [3.05, 3.63) is 64.5 Å². The monoisotopic (exact) mass is 416 g/mol. The molecule has 0 saturated heterocycles. The number of pyridine rings is 1. The summed E-state index contributed by atoms with van der Waals surface area (Å²) in [5, 5.41) is 4.95. The molecule has 0 spiro atoms. The lowest BCUT2D eigenvalue weighted by molar-refractivity contribution is -0.138. The van der Waals surface area contributed by atoms with Crippen LogP contribution in [0.3, 0.4) is 0 Å². The third kappa shape index (κ3) is 4.09. The summed E-state index contributed by atoms with van der Waals surface area (Å²) < 4.78 is 41.0. The maximum atomic E-state index is 13.2. The average molecular weight is 416 g/mol. The van der Waals surface area contributed by atoms with Gasteiger partial charge in [0.15, 0.2) is 0 Å². The molecule has 0 unspecified atom stereocenters. The van der Waals surface area contributed by atoms with E-state index >= 15 is 0 Å². The van der Waals surface area contributed by atoms with Crippen LogP contribution in [0, 0.1) is 0 Å². The van der Waals surface area contributed by atoms with Gasteiger partial charge in [0.2, 0.25) is 0 Å². The third-order valence-corrected chi connectivity index (χ3v) is 5.30. The number of hydrogen-bond donors (Lipinski definition) is 0. The van der Waals surface area contributed by atoms with E-state index in [1.165, 1.54) is 16.9 Å². The number of hydrogen-bond acceptors (Lipinski definition) is 4. The van der Waals surface area contributed by atoms with Gasteiger partial charge in [-0.05, 0) is 53.6 Å². The maximum Gasteiger partial charge on any atom is 0.418 e. The van der Waals surface area contributed by atoms with E-state index in [1.54, 1.807) is 12.3 Å². The lowest BCUT2D eigenvalue weighted by Gasteiger charge is -2.11. The fraction of sp³-hybridized carbons (Fsp3) is 0.200. The van der Waals surface area contributed by atoms with Crippen LogP contribution in [0.25, 0.3) is 17.0 Å². The summed E-state index contributed by atoms with van der Waals surface area (Å²) in [6, 6.07) is 6.90. The van der Waals surface area contributed by atoms with Crippen LogP contribution in [0.2, 0.25) is 0 Å². The normalized spacial score (nSPS) is 16.1. The van der Waals surface area contributed by atoms with Crippen molar-refractivity contribution in [3.8, 4) is 0 Å². The van der Waals surface area contributed by atoms with Gasteiger partial charge in [0.05, 0.1) is 23.3 Å². The second-order valence-corrected chi connectivity index (χ2v) is 7.46. The van der Waals surface area contributed by atoms with E-state index < -0.39 is 11.7 Å². The van der Waals surface area contributed by atoms with E-state index in [-0.39, 0.29) is 17.3 Å². The second-order valence-electron chi connectivity index (χ2n) is 6.46. The predicted molar refractivity (Wildman–Crippen MR) is 107 cm³/mol. The van der Waals surface area contributed by atoms with Crippen molar-refractivity contribution in [3.63, 3.8) is 0 Å². The van der Waals surface area contributed by atoms with Crippen molar-refractivity contribution < 1.29 is 18.0 Å². The van der Waals surface area contributed by atoms with Crippen LogP contribution in [0.5, 0.6) is 0 Å². The summed E-state index contributed by atoms with van der Waals surface area (Å²) in [6.07, 6.45) is 1.96. The number of aromatic nitrogens is 3. The Bertz CT molecular complexity index is 1160. The minimum Gasteiger partial charge on any atom is -0.267 e. The van der Waals surface area contributed by atoms with E-state index in [4.69, 9.17) is 0 Å². The first-order valence-electron chi connectivity index (χ1n) is 8.82. The van der Waals surface area contributed by atoms with Crippen LogP contribution < -0.4 is 0 Å². The number of halogens is 3. The molecule has 3 heterocycles. The van der Waals surface area contributed by atoms with E-state index in [2.05, 4.69) is 15.1 Å². The first kappa shape index (κ1) is 19.4. The first-order valence-corrected chi connectivity index (χ1v) is 9.64. The van der Waals surface area contributed by atoms with Gasteiger partial charge >= 0.3 is 11.4 Å². The van der Waals surface area contributed by atoms with Gasteiger partial charge in [-0.1, -0.05) is 13.0 Å².